The van der Waals surface area contributed by atoms with Crippen LogP contribution >= 0.6 is 17.0 Å². The first-order valence-electron chi connectivity index (χ1n) is 13.7. The van der Waals surface area contributed by atoms with E-state index in [9.17, 15) is 10.2 Å². The fraction of sp³-hybridized carbons (Fsp3) is 1.00. The van der Waals surface area contributed by atoms with Crippen LogP contribution in [0.15, 0.2) is 0 Å². The van der Waals surface area contributed by atoms with Gasteiger partial charge in [0.25, 0.3) is 0 Å². The van der Waals surface area contributed by atoms with Gasteiger partial charge >= 0.3 is 0 Å². The predicted molar refractivity (Wildman–Crippen MR) is 143 cm³/mol. The molecule has 5 nitrogen and oxygen atoms in total. The molecule has 1 aliphatic rings. The van der Waals surface area contributed by atoms with E-state index in [1.54, 1.807) is 5.01 Å². The van der Waals surface area contributed by atoms with E-state index in [1.807, 2.05) is 0 Å². The summed E-state index contributed by atoms with van der Waals surface area (Å²) in [5, 5.41) is 27.3. The standard InChI is InChI=1S/C26H55N3O2.BrH/c1-3-4-5-6-7-8-9-10-11-12-13-14-15-16-17-18-19-20-23-29(26(2,30)31)28-24-21-27-22-25-28;/h27,30-31H,3-25H2,1-2H3;1H. The van der Waals surface area contributed by atoms with Crippen molar-refractivity contribution in [2.75, 3.05) is 32.7 Å². The lowest BCUT2D eigenvalue weighted by Gasteiger charge is -2.43. The molecule has 0 amide bonds. The molecule has 1 fully saturated rings. The van der Waals surface area contributed by atoms with Crippen molar-refractivity contribution in [2.45, 2.75) is 135 Å². The molecule has 0 bridgehead atoms. The maximum absolute atomic E-state index is 10.1. The van der Waals surface area contributed by atoms with Gasteiger partial charge in [0.1, 0.15) is 0 Å². The molecule has 0 atom stereocenters. The second-order valence-electron chi connectivity index (χ2n) is 9.81. The van der Waals surface area contributed by atoms with Gasteiger partial charge in [0.15, 0.2) is 0 Å². The fourth-order valence-electron chi connectivity index (χ4n) is 4.68. The van der Waals surface area contributed by atoms with Gasteiger partial charge in [-0.25, -0.2) is 5.01 Å². The Bertz CT molecular complexity index is 388. The van der Waals surface area contributed by atoms with Crippen molar-refractivity contribution in [1.82, 2.24) is 15.3 Å². The summed E-state index contributed by atoms with van der Waals surface area (Å²) in [6, 6.07) is 0. The lowest BCUT2D eigenvalue weighted by atomic mass is 10.0. The van der Waals surface area contributed by atoms with Crippen LogP contribution in [-0.4, -0.2) is 58.9 Å². The summed E-state index contributed by atoms with van der Waals surface area (Å²) >= 11 is 0. The van der Waals surface area contributed by atoms with E-state index in [2.05, 4.69) is 17.2 Å². The summed E-state index contributed by atoms with van der Waals surface area (Å²) in [6.07, 6.45) is 24.7. The smallest absolute Gasteiger partial charge is 0.234 e. The lowest BCUT2D eigenvalue weighted by molar-refractivity contribution is -0.316. The van der Waals surface area contributed by atoms with E-state index in [0.717, 1.165) is 39.1 Å². The zero-order chi connectivity index (χ0) is 22.6. The van der Waals surface area contributed by atoms with Gasteiger partial charge in [-0.15, -0.1) is 17.0 Å². The van der Waals surface area contributed by atoms with Gasteiger partial charge < -0.3 is 15.5 Å². The Labute approximate surface area is 210 Å². The van der Waals surface area contributed by atoms with Gasteiger partial charge in [-0.2, -0.15) is 5.01 Å². The Morgan fingerprint density at radius 1 is 0.656 bits per heavy atom. The van der Waals surface area contributed by atoms with Crippen LogP contribution in [0.25, 0.3) is 0 Å². The highest BCUT2D eigenvalue weighted by molar-refractivity contribution is 8.93. The number of rotatable bonds is 21. The number of aliphatic hydroxyl groups is 2. The molecule has 0 saturated carbocycles. The predicted octanol–water partition coefficient (Wildman–Crippen LogP) is 6.39. The summed E-state index contributed by atoms with van der Waals surface area (Å²) in [7, 11) is 0. The number of hydrogen-bond acceptors (Lipinski definition) is 5. The van der Waals surface area contributed by atoms with Gasteiger partial charge in [-0.1, -0.05) is 116 Å². The summed E-state index contributed by atoms with van der Waals surface area (Å²) < 4.78 is 0. The molecule has 0 unspecified atom stereocenters. The minimum atomic E-state index is -1.76. The van der Waals surface area contributed by atoms with Gasteiger partial charge in [0, 0.05) is 39.6 Å². The van der Waals surface area contributed by atoms with Crippen LogP contribution in [0.2, 0.25) is 0 Å². The molecule has 32 heavy (non-hydrogen) atoms. The molecule has 0 aromatic heterocycles. The van der Waals surface area contributed by atoms with Gasteiger partial charge in [0.05, 0.1) is 0 Å². The maximum Gasteiger partial charge on any atom is 0.234 e. The number of hydrogen-bond donors (Lipinski definition) is 3. The second kappa shape index (κ2) is 21.8. The monoisotopic (exact) mass is 521 g/mol. The van der Waals surface area contributed by atoms with Crippen LogP contribution < -0.4 is 5.32 Å². The van der Waals surface area contributed by atoms with E-state index in [1.165, 1.54) is 116 Å². The third-order valence-corrected chi connectivity index (χ3v) is 6.65. The van der Waals surface area contributed by atoms with Crippen LogP contribution in [0.4, 0.5) is 0 Å². The first-order chi connectivity index (χ1) is 15.1. The molecular formula is C26H56BrN3O2. The number of nitrogens with zero attached hydrogens (tertiary/aromatic N) is 2. The number of halogens is 1. The molecule has 0 aromatic carbocycles. The first-order valence-corrected chi connectivity index (χ1v) is 13.7. The van der Waals surface area contributed by atoms with Crippen molar-refractivity contribution in [3.8, 4) is 0 Å². The molecule has 3 N–H and O–H groups in total. The summed E-state index contributed by atoms with van der Waals surface area (Å²) in [4.78, 5) is 0. The summed E-state index contributed by atoms with van der Waals surface area (Å²) in [5.41, 5.74) is 0. The summed E-state index contributed by atoms with van der Waals surface area (Å²) in [5.74, 6) is -1.76. The van der Waals surface area contributed by atoms with Crippen molar-refractivity contribution >= 4 is 17.0 Å². The maximum atomic E-state index is 10.1. The number of nitrogens with one attached hydrogen (secondary N) is 1. The van der Waals surface area contributed by atoms with E-state index < -0.39 is 5.91 Å². The zero-order valence-electron chi connectivity index (χ0n) is 21.5. The molecule has 0 radical (unpaired) electrons. The minimum Gasteiger partial charge on any atom is -0.353 e. The first kappa shape index (κ1) is 32.3. The Kier molecular flexibility index (Phi) is 22.0. The molecule has 1 aliphatic heterocycles. The summed E-state index contributed by atoms with van der Waals surface area (Å²) in [6.45, 7) is 7.99. The highest BCUT2D eigenvalue weighted by Crippen LogP contribution is 2.16. The third kappa shape index (κ3) is 17.7. The minimum absolute atomic E-state index is 0. The Morgan fingerprint density at radius 2 is 1.00 bits per heavy atom. The van der Waals surface area contributed by atoms with Crippen LogP contribution in [0.5, 0.6) is 0 Å². The Hall–Kier alpha value is 0.280. The molecule has 1 saturated heterocycles. The van der Waals surface area contributed by atoms with Gasteiger partial charge in [-0.05, 0) is 6.42 Å². The van der Waals surface area contributed by atoms with E-state index in [0.29, 0.717) is 0 Å². The molecule has 194 valence electrons. The average molecular weight is 523 g/mol. The molecule has 6 heteroatoms. The Balaban J connectivity index is 0.00000961. The van der Waals surface area contributed by atoms with Crippen molar-refractivity contribution in [3.05, 3.63) is 0 Å². The quantitative estimate of drug-likeness (QED) is 0.121. The van der Waals surface area contributed by atoms with Crippen molar-refractivity contribution in [3.63, 3.8) is 0 Å². The SMILES string of the molecule is Br.CCCCCCCCCCCCCCCCCCCCN(N1CCNCC1)C(C)(O)O. The number of hydrazine groups is 1. The molecule has 1 rings (SSSR count). The van der Waals surface area contributed by atoms with Crippen LogP contribution in [0, 0.1) is 0 Å². The number of piperazine rings is 1. The number of unbranched alkanes of at least 4 members (excludes halogenated alkanes) is 17. The largest absolute Gasteiger partial charge is 0.353 e. The molecule has 0 spiro atoms. The second-order valence-corrected chi connectivity index (χ2v) is 9.81. The van der Waals surface area contributed by atoms with E-state index >= 15 is 0 Å². The van der Waals surface area contributed by atoms with Crippen molar-refractivity contribution in [1.29, 1.82) is 0 Å². The molecule has 0 aliphatic carbocycles. The highest BCUT2D eigenvalue weighted by Gasteiger charge is 2.31. The van der Waals surface area contributed by atoms with Gasteiger partial charge in [0.2, 0.25) is 5.91 Å². The molecule has 0 aromatic rings. The lowest BCUT2D eigenvalue weighted by Crippen LogP contribution is -2.60. The Morgan fingerprint density at radius 3 is 1.34 bits per heavy atom. The van der Waals surface area contributed by atoms with E-state index in [-0.39, 0.29) is 17.0 Å². The average Bonchev–Trinajstić information content (AvgIpc) is 2.75. The van der Waals surface area contributed by atoms with Crippen LogP contribution in [0.3, 0.4) is 0 Å². The molecule has 1 heterocycles. The molecular weight excluding hydrogens is 466 g/mol. The zero-order valence-corrected chi connectivity index (χ0v) is 23.2. The van der Waals surface area contributed by atoms with Crippen molar-refractivity contribution in [2.24, 2.45) is 0 Å². The fourth-order valence-corrected chi connectivity index (χ4v) is 4.68. The van der Waals surface area contributed by atoms with Crippen LogP contribution in [-0.2, 0) is 0 Å². The highest BCUT2D eigenvalue weighted by atomic mass is 79.9. The normalized spacial score (nSPS) is 15.3. The third-order valence-electron chi connectivity index (χ3n) is 6.65. The van der Waals surface area contributed by atoms with E-state index in [4.69, 9.17) is 0 Å². The van der Waals surface area contributed by atoms with Crippen LogP contribution in [0.1, 0.15) is 129 Å². The van der Waals surface area contributed by atoms with Crippen molar-refractivity contribution < 1.29 is 10.2 Å². The van der Waals surface area contributed by atoms with Gasteiger partial charge in [-0.3, -0.25) is 0 Å². The topological polar surface area (TPSA) is 59.0 Å².